The summed E-state index contributed by atoms with van der Waals surface area (Å²) in [6, 6.07) is 9.99. The Morgan fingerprint density at radius 1 is 1.31 bits per heavy atom. The Kier molecular flexibility index (Phi) is 4.68. The van der Waals surface area contributed by atoms with Gasteiger partial charge >= 0.3 is 0 Å². The van der Waals surface area contributed by atoms with Crippen LogP contribution in [0.2, 0.25) is 5.02 Å². The van der Waals surface area contributed by atoms with E-state index in [2.05, 4.69) is 10.4 Å². The summed E-state index contributed by atoms with van der Waals surface area (Å²) in [4.78, 5) is 22.8. The van der Waals surface area contributed by atoms with Gasteiger partial charge in [0.05, 0.1) is 22.4 Å². The molecule has 3 aromatic rings. The summed E-state index contributed by atoms with van der Waals surface area (Å²) in [5, 5.41) is 17.5. The van der Waals surface area contributed by atoms with Crippen LogP contribution in [0.5, 0.6) is 0 Å². The van der Waals surface area contributed by atoms with Gasteiger partial charge in [-0.15, -0.1) is 0 Å². The lowest BCUT2D eigenvalue weighted by Gasteiger charge is -2.07. The van der Waals surface area contributed by atoms with Crippen molar-refractivity contribution in [3.8, 4) is 5.69 Å². The number of halogens is 2. The van der Waals surface area contributed by atoms with Gasteiger partial charge in [-0.2, -0.15) is 5.10 Å². The molecule has 0 radical (unpaired) electrons. The standard InChI is InChI=1S/C17H12ClFN4O3/c1-10-12(9-20-22(10)15-5-3-2-4-14(15)19)17(24)21-11-6-7-13(18)16(8-11)23(25)26/h2-9H,1H3,(H,21,24). The van der Waals surface area contributed by atoms with Crippen molar-refractivity contribution in [3.05, 3.63) is 80.9 Å². The molecule has 0 aliphatic heterocycles. The Morgan fingerprint density at radius 2 is 2.04 bits per heavy atom. The molecule has 0 saturated carbocycles. The van der Waals surface area contributed by atoms with Crippen molar-refractivity contribution in [2.24, 2.45) is 0 Å². The van der Waals surface area contributed by atoms with Gasteiger partial charge in [0.2, 0.25) is 0 Å². The molecule has 0 aliphatic rings. The first kappa shape index (κ1) is 17.6. The van der Waals surface area contributed by atoms with Gasteiger partial charge < -0.3 is 5.32 Å². The highest BCUT2D eigenvalue weighted by atomic mass is 35.5. The number of nitro benzene ring substituents is 1. The predicted octanol–water partition coefficient (Wildman–Crippen LogP) is 4.13. The van der Waals surface area contributed by atoms with Crippen LogP contribution in [-0.2, 0) is 0 Å². The molecule has 1 N–H and O–H groups in total. The molecule has 0 spiro atoms. The highest BCUT2D eigenvalue weighted by Gasteiger charge is 2.19. The van der Waals surface area contributed by atoms with Crippen LogP contribution in [-0.4, -0.2) is 20.6 Å². The Bertz CT molecular complexity index is 1020. The summed E-state index contributed by atoms with van der Waals surface area (Å²) in [7, 11) is 0. The Hall–Kier alpha value is -3.26. The number of benzene rings is 2. The molecule has 7 nitrogen and oxygen atoms in total. The number of nitro groups is 1. The van der Waals surface area contributed by atoms with E-state index in [1.165, 1.54) is 29.1 Å². The zero-order valence-corrected chi connectivity index (χ0v) is 14.2. The molecule has 0 unspecified atom stereocenters. The van der Waals surface area contributed by atoms with Crippen LogP contribution in [0.1, 0.15) is 16.1 Å². The molecule has 1 aromatic heterocycles. The van der Waals surface area contributed by atoms with Crippen LogP contribution >= 0.6 is 11.6 Å². The second-order valence-corrected chi connectivity index (χ2v) is 5.79. The van der Waals surface area contributed by atoms with Gasteiger partial charge in [0.25, 0.3) is 11.6 Å². The van der Waals surface area contributed by atoms with E-state index in [4.69, 9.17) is 11.6 Å². The SMILES string of the molecule is Cc1c(C(=O)Nc2ccc(Cl)c([N+](=O)[O-])c2)cnn1-c1ccccc1F. The minimum absolute atomic E-state index is 0.0310. The van der Waals surface area contributed by atoms with Crippen molar-refractivity contribution in [2.45, 2.75) is 6.92 Å². The third-order valence-corrected chi connectivity index (χ3v) is 4.06. The highest BCUT2D eigenvalue weighted by molar-refractivity contribution is 6.32. The fourth-order valence-electron chi connectivity index (χ4n) is 2.43. The van der Waals surface area contributed by atoms with E-state index in [-0.39, 0.29) is 27.6 Å². The highest BCUT2D eigenvalue weighted by Crippen LogP contribution is 2.28. The first-order chi connectivity index (χ1) is 12.4. The molecule has 0 fully saturated rings. The van der Waals surface area contributed by atoms with E-state index in [1.807, 2.05) is 0 Å². The molecular formula is C17H12ClFN4O3. The van der Waals surface area contributed by atoms with E-state index >= 15 is 0 Å². The van der Waals surface area contributed by atoms with Gasteiger partial charge in [0.1, 0.15) is 16.5 Å². The fraction of sp³-hybridized carbons (Fsp3) is 0.0588. The molecule has 0 saturated heterocycles. The quantitative estimate of drug-likeness (QED) is 0.549. The van der Waals surface area contributed by atoms with Crippen LogP contribution in [0.4, 0.5) is 15.8 Å². The number of amides is 1. The maximum atomic E-state index is 13.9. The van der Waals surface area contributed by atoms with Crippen molar-refractivity contribution in [1.82, 2.24) is 9.78 Å². The number of aromatic nitrogens is 2. The molecule has 26 heavy (non-hydrogen) atoms. The lowest BCUT2D eigenvalue weighted by Crippen LogP contribution is -2.13. The maximum Gasteiger partial charge on any atom is 0.289 e. The Morgan fingerprint density at radius 3 is 2.73 bits per heavy atom. The lowest BCUT2D eigenvalue weighted by atomic mass is 10.2. The number of anilines is 1. The van der Waals surface area contributed by atoms with Crippen LogP contribution in [0.25, 0.3) is 5.69 Å². The zero-order valence-electron chi connectivity index (χ0n) is 13.4. The summed E-state index contributed by atoms with van der Waals surface area (Å²) < 4.78 is 15.2. The number of nitrogens with one attached hydrogen (secondary N) is 1. The smallest absolute Gasteiger partial charge is 0.289 e. The topological polar surface area (TPSA) is 90.1 Å². The van der Waals surface area contributed by atoms with E-state index < -0.39 is 16.6 Å². The monoisotopic (exact) mass is 374 g/mol. The van der Waals surface area contributed by atoms with Gasteiger partial charge in [-0.25, -0.2) is 9.07 Å². The first-order valence-electron chi connectivity index (χ1n) is 7.43. The normalized spacial score (nSPS) is 10.6. The number of carbonyl (C=O) groups is 1. The summed E-state index contributed by atoms with van der Waals surface area (Å²) >= 11 is 5.75. The van der Waals surface area contributed by atoms with Gasteiger partial charge in [0.15, 0.2) is 0 Å². The number of nitrogens with zero attached hydrogens (tertiary/aromatic N) is 3. The molecule has 0 bridgehead atoms. The summed E-state index contributed by atoms with van der Waals surface area (Å²) in [5.41, 5.74) is 0.750. The van der Waals surface area contributed by atoms with E-state index in [1.54, 1.807) is 25.1 Å². The van der Waals surface area contributed by atoms with Crippen molar-refractivity contribution < 1.29 is 14.1 Å². The molecular weight excluding hydrogens is 363 g/mol. The molecule has 9 heteroatoms. The van der Waals surface area contributed by atoms with Gasteiger partial charge in [-0.05, 0) is 31.2 Å². The Balaban J connectivity index is 1.89. The third kappa shape index (κ3) is 3.27. The number of carbonyl (C=O) groups excluding carboxylic acids is 1. The van der Waals surface area contributed by atoms with Crippen molar-refractivity contribution in [3.63, 3.8) is 0 Å². The lowest BCUT2D eigenvalue weighted by molar-refractivity contribution is -0.384. The van der Waals surface area contributed by atoms with Gasteiger partial charge in [-0.3, -0.25) is 14.9 Å². The van der Waals surface area contributed by atoms with Crippen molar-refractivity contribution in [1.29, 1.82) is 0 Å². The molecule has 2 aromatic carbocycles. The number of para-hydroxylation sites is 1. The first-order valence-corrected chi connectivity index (χ1v) is 7.81. The zero-order chi connectivity index (χ0) is 18.8. The third-order valence-electron chi connectivity index (χ3n) is 3.74. The van der Waals surface area contributed by atoms with E-state index in [0.717, 1.165) is 6.07 Å². The maximum absolute atomic E-state index is 13.9. The van der Waals surface area contributed by atoms with Crippen LogP contribution in [0.15, 0.2) is 48.7 Å². The minimum atomic E-state index is -0.639. The molecule has 0 atom stereocenters. The number of hydrogen-bond acceptors (Lipinski definition) is 4. The molecule has 1 amide bonds. The fourth-order valence-corrected chi connectivity index (χ4v) is 2.61. The second-order valence-electron chi connectivity index (χ2n) is 5.38. The molecule has 132 valence electrons. The largest absolute Gasteiger partial charge is 0.322 e. The average Bonchev–Trinajstić information content (AvgIpc) is 2.98. The average molecular weight is 375 g/mol. The predicted molar refractivity (Wildman–Crippen MR) is 94.3 cm³/mol. The van der Waals surface area contributed by atoms with Crippen LogP contribution in [0.3, 0.4) is 0 Å². The molecule has 0 aliphatic carbocycles. The van der Waals surface area contributed by atoms with Crippen LogP contribution < -0.4 is 5.32 Å². The summed E-state index contributed by atoms with van der Waals surface area (Å²) in [6.45, 7) is 1.62. The second kappa shape index (κ2) is 6.93. The van der Waals surface area contributed by atoms with E-state index in [0.29, 0.717) is 5.69 Å². The van der Waals surface area contributed by atoms with Crippen LogP contribution in [0, 0.1) is 22.9 Å². The molecule has 3 rings (SSSR count). The minimum Gasteiger partial charge on any atom is -0.322 e. The van der Waals surface area contributed by atoms with Crippen molar-refractivity contribution >= 4 is 28.9 Å². The van der Waals surface area contributed by atoms with Crippen molar-refractivity contribution in [2.75, 3.05) is 5.32 Å². The van der Waals surface area contributed by atoms with E-state index in [9.17, 15) is 19.3 Å². The van der Waals surface area contributed by atoms with Gasteiger partial charge in [0, 0.05) is 11.8 Å². The summed E-state index contributed by atoms with van der Waals surface area (Å²) in [5.74, 6) is -0.999. The van der Waals surface area contributed by atoms with Gasteiger partial charge in [-0.1, -0.05) is 23.7 Å². The Labute approximate surface area is 152 Å². The molecule has 1 heterocycles. The number of rotatable bonds is 4. The summed E-state index contributed by atoms with van der Waals surface area (Å²) in [6.07, 6.45) is 1.31. The number of hydrogen-bond donors (Lipinski definition) is 1.